The number of carbonyl (C=O) groups is 2. The lowest BCUT2D eigenvalue weighted by molar-refractivity contribution is -0.120. The number of aryl methyl sites for hydroxylation is 1. The minimum Gasteiger partial charge on any atom is -0.322 e. The van der Waals surface area contributed by atoms with Gasteiger partial charge in [-0.2, -0.15) is 5.10 Å². The van der Waals surface area contributed by atoms with Crippen LogP contribution >= 0.6 is 0 Å². The summed E-state index contributed by atoms with van der Waals surface area (Å²) in [6.07, 6.45) is -2.74. The maximum absolute atomic E-state index is 13.0. The van der Waals surface area contributed by atoms with E-state index in [9.17, 15) is 18.4 Å². The summed E-state index contributed by atoms with van der Waals surface area (Å²) in [6, 6.07) is 7.88. The minimum atomic E-state index is -2.74. The molecule has 0 bridgehead atoms. The average molecular weight is 334 g/mol. The number of carbonyl (C=O) groups excluding carboxylic acids is 2. The fraction of sp³-hybridized carbons (Fsp3) is 0.312. The molecule has 1 aromatic heterocycles. The third-order valence-corrected chi connectivity index (χ3v) is 4.07. The van der Waals surface area contributed by atoms with Crippen LogP contribution in [0.2, 0.25) is 0 Å². The number of alkyl halides is 2. The lowest BCUT2D eigenvalue weighted by atomic mass is 9.95. The van der Waals surface area contributed by atoms with E-state index in [0.29, 0.717) is 11.4 Å². The molecular formula is C16H16F2N4O2. The Morgan fingerprint density at radius 2 is 1.96 bits per heavy atom. The van der Waals surface area contributed by atoms with E-state index in [4.69, 9.17) is 0 Å². The van der Waals surface area contributed by atoms with Crippen molar-refractivity contribution < 1.29 is 18.4 Å². The second-order valence-corrected chi connectivity index (χ2v) is 6.05. The molecular weight excluding hydrogens is 318 g/mol. The molecule has 0 aliphatic carbocycles. The van der Waals surface area contributed by atoms with Gasteiger partial charge in [-0.25, -0.2) is 8.78 Å². The zero-order chi connectivity index (χ0) is 17.6. The van der Waals surface area contributed by atoms with Gasteiger partial charge in [0.05, 0.1) is 11.4 Å². The molecule has 0 saturated carbocycles. The van der Waals surface area contributed by atoms with Gasteiger partial charge in [0, 0.05) is 7.05 Å². The van der Waals surface area contributed by atoms with Gasteiger partial charge in [-0.1, -0.05) is 12.1 Å². The summed E-state index contributed by atoms with van der Waals surface area (Å²) in [7, 11) is 1.35. The van der Waals surface area contributed by atoms with E-state index in [-0.39, 0.29) is 17.3 Å². The predicted octanol–water partition coefficient (Wildman–Crippen LogP) is 2.74. The number of hydrogen-bond donors (Lipinski definition) is 1. The van der Waals surface area contributed by atoms with E-state index >= 15 is 0 Å². The molecule has 2 amide bonds. The minimum absolute atomic E-state index is 0.134. The van der Waals surface area contributed by atoms with Gasteiger partial charge in [-0.3, -0.25) is 19.2 Å². The Morgan fingerprint density at radius 3 is 2.58 bits per heavy atom. The van der Waals surface area contributed by atoms with Crippen LogP contribution in [0.4, 0.5) is 20.2 Å². The van der Waals surface area contributed by atoms with Crippen LogP contribution < -0.4 is 10.2 Å². The smallest absolute Gasteiger partial charge is 0.280 e. The topological polar surface area (TPSA) is 67.2 Å². The summed E-state index contributed by atoms with van der Waals surface area (Å²) in [6.45, 7) is 3.18. The Balaban J connectivity index is 2.11. The van der Waals surface area contributed by atoms with E-state index in [1.165, 1.54) is 11.9 Å². The lowest BCUT2D eigenvalue weighted by Crippen LogP contribution is -2.58. The van der Waals surface area contributed by atoms with Crippen LogP contribution in [-0.2, 0) is 11.8 Å². The number of rotatable bonds is 2. The van der Waals surface area contributed by atoms with Crippen molar-refractivity contribution in [2.75, 3.05) is 10.2 Å². The molecule has 8 heteroatoms. The summed E-state index contributed by atoms with van der Waals surface area (Å²) >= 11 is 0. The highest BCUT2D eigenvalue weighted by Gasteiger charge is 2.44. The van der Waals surface area contributed by atoms with Crippen LogP contribution in [0, 0.1) is 0 Å². The number of fused-ring (bicyclic) bond motifs is 1. The Kier molecular flexibility index (Phi) is 3.62. The van der Waals surface area contributed by atoms with Crippen LogP contribution in [0.25, 0.3) is 0 Å². The standard InChI is InChI=1S/C16H16F2N4O2/c1-16(2)15(24)19-9-6-4-5-7-11(9)22(16)14(23)10-8-12(13(17)18)21(3)20-10/h4-8,13H,1-3H3,(H,19,24). The molecule has 2 heterocycles. The zero-order valence-electron chi connectivity index (χ0n) is 13.4. The molecule has 0 unspecified atom stereocenters. The summed E-state index contributed by atoms with van der Waals surface area (Å²) in [4.78, 5) is 26.6. The van der Waals surface area contributed by atoms with Crippen molar-refractivity contribution in [2.45, 2.75) is 25.8 Å². The number of benzene rings is 1. The lowest BCUT2D eigenvalue weighted by Gasteiger charge is -2.41. The third kappa shape index (κ3) is 2.34. The predicted molar refractivity (Wildman–Crippen MR) is 84.1 cm³/mol. The first-order chi connectivity index (χ1) is 11.2. The Hall–Kier alpha value is -2.77. The highest BCUT2D eigenvalue weighted by molar-refractivity contribution is 6.17. The highest BCUT2D eigenvalue weighted by Crippen LogP contribution is 2.37. The molecule has 6 nitrogen and oxygen atoms in total. The van der Waals surface area contributed by atoms with Crippen LogP contribution in [0.3, 0.4) is 0 Å². The molecule has 126 valence electrons. The maximum Gasteiger partial charge on any atom is 0.280 e. The molecule has 0 atom stereocenters. The SMILES string of the molecule is Cn1nc(C(=O)N2c3ccccc3NC(=O)C2(C)C)cc1C(F)F. The van der Waals surface area contributed by atoms with Crippen molar-refractivity contribution in [1.82, 2.24) is 9.78 Å². The number of nitrogens with one attached hydrogen (secondary N) is 1. The zero-order valence-corrected chi connectivity index (χ0v) is 13.4. The van der Waals surface area contributed by atoms with Crippen LogP contribution in [0.5, 0.6) is 0 Å². The summed E-state index contributed by atoms with van der Waals surface area (Å²) < 4.78 is 26.9. The van der Waals surface area contributed by atoms with Crippen LogP contribution in [0.1, 0.15) is 36.5 Å². The van der Waals surface area contributed by atoms with Gasteiger partial charge >= 0.3 is 0 Å². The van der Waals surface area contributed by atoms with Gasteiger partial charge < -0.3 is 5.32 Å². The molecule has 3 rings (SSSR count). The summed E-state index contributed by atoms with van der Waals surface area (Å²) in [5.41, 5.74) is -0.693. The number of anilines is 2. The van der Waals surface area contributed by atoms with Crippen molar-refractivity contribution in [3.8, 4) is 0 Å². The fourth-order valence-electron chi connectivity index (χ4n) is 2.72. The number of amides is 2. The first kappa shape index (κ1) is 16.1. The van der Waals surface area contributed by atoms with Crippen molar-refractivity contribution in [3.05, 3.63) is 41.7 Å². The van der Waals surface area contributed by atoms with Crippen LogP contribution in [0.15, 0.2) is 30.3 Å². The largest absolute Gasteiger partial charge is 0.322 e. The number of halogens is 2. The summed E-state index contributed by atoms with van der Waals surface area (Å²) in [5, 5.41) is 6.63. The van der Waals surface area contributed by atoms with Crippen molar-refractivity contribution in [2.24, 2.45) is 7.05 Å². The van der Waals surface area contributed by atoms with Crippen molar-refractivity contribution in [3.63, 3.8) is 0 Å². The van der Waals surface area contributed by atoms with E-state index in [1.807, 2.05) is 0 Å². The Morgan fingerprint density at radius 1 is 1.29 bits per heavy atom. The maximum atomic E-state index is 13.0. The first-order valence-corrected chi connectivity index (χ1v) is 7.30. The molecule has 1 aliphatic rings. The quantitative estimate of drug-likeness (QED) is 0.918. The van der Waals surface area contributed by atoms with Crippen molar-refractivity contribution in [1.29, 1.82) is 0 Å². The van der Waals surface area contributed by atoms with E-state index in [1.54, 1.807) is 38.1 Å². The molecule has 2 aromatic rings. The van der Waals surface area contributed by atoms with Gasteiger partial charge in [-0.05, 0) is 32.0 Å². The molecule has 1 aromatic carbocycles. The second-order valence-electron chi connectivity index (χ2n) is 6.05. The molecule has 0 spiro atoms. The Bertz CT molecular complexity index is 829. The highest BCUT2D eigenvalue weighted by atomic mass is 19.3. The van der Waals surface area contributed by atoms with Gasteiger partial charge in [0.15, 0.2) is 5.69 Å². The van der Waals surface area contributed by atoms with E-state index in [0.717, 1.165) is 10.7 Å². The fourth-order valence-corrected chi connectivity index (χ4v) is 2.72. The average Bonchev–Trinajstić information content (AvgIpc) is 2.90. The van der Waals surface area contributed by atoms with Crippen molar-refractivity contribution >= 4 is 23.2 Å². The molecule has 0 radical (unpaired) electrons. The number of hydrogen-bond acceptors (Lipinski definition) is 3. The van der Waals surface area contributed by atoms with Gasteiger partial charge in [0.2, 0.25) is 5.91 Å². The normalized spacial score (nSPS) is 16.1. The third-order valence-electron chi connectivity index (χ3n) is 4.07. The summed E-state index contributed by atoms with van der Waals surface area (Å²) in [5.74, 6) is -0.968. The second kappa shape index (κ2) is 5.40. The molecule has 0 saturated heterocycles. The van der Waals surface area contributed by atoms with Crippen LogP contribution in [-0.4, -0.2) is 27.1 Å². The van der Waals surface area contributed by atoms with Gasteiger partial charge in [-0.15, -0.1) is 0 Å². The number of nitrogens with zero attached hydrogens (tertiary/aromatic N) is 3. The Labute approximate surface area is 137 Å². The van der Waals surface area contributed by atoms with E-state index in [2.05, 4.69) is 10.4 Å². The first-order valence-electron chi connectivity index (χ1n) is 7.30. The van der Waals surface area contributed by atoms with Gasteiger partial charge in [0.25, 0.3) is 12.3 Å². The molecule has 0 fully saturated rings. The van der Waals surface area contributed by atoms with Gasteiger partial charge in [0.1, 0.15) is 11.2 Å². The molecule has 1 N–H and O–H groups in total. The monoisotopic (exact) mass is 334 g/mol. The number of aromatic nitrogens is 2. The number of para-hydroxylation sites is 2. The molecule has 24 heavy (non-hydrogen) atoms. The van der Waals surface area contributed by atoms with E-state index < -0.39 is 17.9 Å². The molecule has 1 aliphatic heterocycles.